The number of hydrazine groups is 1. The fourth-order valence-electron chi connectivity index (χ4n) is 3.37. The predicted octanol–water partition coefficient (Wildman–Crippen LogP) is 3.70. The number of carboxylic acids is 1. The lowest BCUT2D eigenvalue weighted by Crippen LogP contribution is -2.39. The van der Waals surface area contributed by atoms with Gasteiger partial charge in [-0.05, 0) is 43.2 Å². The van der Waals surface area contributed by atoms with Crippen molar-refractivity contribution in [3.8, 4) is 11.5 Å². The van der Waals surface area contributed by atoms with Crippen LogP contribution in [0.25, 0.3) is 5.70 Å². The maximum Gasteiger partial charge on any atom is 0.303 e. The molecule has 30 heavy (non-hydrogen) atoms. The molecule has 0 radical (unpaired) electrons. The van der Waals surface area contributed by atoms with Gasteiger partial charge in [-0.1, -0.05) is 29.8 Å². The quantitative estimate of drug-likeness (QED) is 0.690. The average Bonchev–Trinajstić information content (AvgIpc) is 3.19. The highest BCUT2D eigenvalue weighted by Gasteiger charge is 2.30. The van der Waals surface area contributed by atoms with Gasteiger partial charge in [0.1, 0.15) is 0 Å². The van der Waals surface area contributed by atoms with Gasteiger partial charge in [0.2, 0.25) is 5.91 Å². The van der Waals surface area contributed by atoms with Gasteiger partial charge < -0.3 is 14.6 Å². The molecule has 1 amide bonds. The minimum Gasteiger partial charge on any atom is -0.493 e. The summed E-state index contributed by atoms with van der Waals surface area (Å²) in [6.45, 7) is 2.01. The zero-order valence-corrected chi connectivity index (χ0v) is 17.3. The van der Waals surface area contributed by atoms with E-state index >= 15 is 0 Å². The van der Waals surface area contributed by atoms with Gasteiger partial charge in [0.05, 0.1) is 26.0 Å². The van der Waals surface area contributed by atoms with E-state index in [0.29, 0.717) is 17.9 Å². The summed E-state index contributed by atoms with van der Waals surface area (Å²) in [5.41, 5.74) is 6.92. The molecule has 1 aliphatic rings. The topological polar surface area (TPSA) is 88.1 Å². The number of aryl methyl sites for hydroxylation is 1. The van der Waals surface area contributed by atoms with Gasteiger partial charge in [-0.25, -0.2) is 5.01 Å². The first-order valence-electron chi connectivity index (χ1n) is 9.74. The number of methoxy groups -OCH3 is 2. The molecule has 2 aromatic rings. The van der Waals surface area contributed by atoms with E-state index in [1.165, 1.54) is 0 Å². The summed E-state index contributed by atoms with van der Waals surface area (Å²) in [7, 11) is 3.15. The molecule has 0 bridgehead atoms. The van der Waals surface area contributed by atoms with Crippen molar-refractivity contribution < 1.29 is 24.2 Å². The average molecular weight is 410 g/mol. The third-order valence-electron chi connectivity index (χ3n) is 5.01. The van der Waals surface area contributed by atoms with E-state index in [9.17, 15) is 9.59 Å². The SMILES string of the molecule is COc1ccc(C2=C[C@H](c3ccc(C)cc3)N(C(=O)CCCC(=O)O)N2)cc1OC. The van der Waals surface area contributed by atoms with E-state index in [-0.39, 0.29) is 24.8 Å². The molecule has 0 saturated carbocycles. The molecule has 0 spiro atoms. The van der Waals surface area contributed by atoms with Crippen LogP contribution in [0.15, 0.2) is 48.5 Å². The Morgan fingerprint density at radius 3 is 2.37 bits per heavy atom. The highest BCUT2D eigenvalue weighted by molar-refractivity contribution is 5.81. The van der Waals surface area contributed by atoms with Gasteiger partial charge in [0.25, 0.3) is 0 Å². The van der Waals surface area contributed by atoms with Crippen LogP contribution < -0.4 is 14.9 Å². The van der Waals surface area contributed by atoms with Crippen LogP contribution in [0.3, 0.4) is 0 Å². The molecule has 0 aromatic heterocycles. The van der Waals surface area contributed by atoms with E-state index in [1.807, 2.05) is 55.5 Å². The molecule has 1 heterocycles. The van der Waals surface area contributed by atoms with Crippen molar-refractivity contribution in [2.45, 2.75) is 32.2 Å². The highest BCUT2D eigenvalue weighted by Crippen LogP contribution is 2.35. The normalized spacial score (nSPS) is 15.4. The fraction of sp³-hybridized carbons (Fsp3) is 0.304. The Morgan fingerprint density at radius 2 is 1.73 bits per heavy atom. The van der Waals surface area contributed by atoms with Crippen LogP contribution in [-0.4, -0.2) is 36.2 Å². The molecule has 2 N–H and O–H groups in total. The zero-order chi connectivity index (χ0) is 21.7. The number of hydrogen-bond donors (Lipinski definition) is 2. The van der Waals surface area contributed by atoms with Crippen LogP contribution in [0.5, 0.6) is 11.5 Å². The number of ether oxygens (including phenoxy) is 2. The number of aliphatic carboxylic acids is 1. The molecule has 1 aliphatic heterocycles. The van der Waals surface area contributed by atoms with E-state index < -0.39 is 5.97 Å². The Bertz CT molecular complexity index is 953. The first kappa shape index (κ1) is 21.2. The predicted molar refractivity (Wildman–Crippen MR) is 113 cm³/mol. The zero-order valence-electron chi connectivity index (χ0n) is 17.3. The second kappa shape index (κ2) is 9.35. The monoisotopic (exact) mass is 410 g/mol. The lowest BCUT2D eigenvalue weighted by atomic mass is 10.0. The van der Waals surface area contributed by atoms with Crippen molar-refractivity contribution in [2.24, 2.45) is 0 Å². The van der Waals surface area contributed by atoms with Crippen molar-refractivity contribution in [3.05, 3.63) is 65.2 Å². The van der Waals surface area contributed by atoms with Gasteiger partial charge in [0, 0.05) is 18.4 Å². The summed E-state index contributed by atoms with van der Waals surface area (Å²) >= 11 is 0. The maximum atomic E-state index is 12.9. The molecular weight excluding hydrogens is 384 g/mol. The lowest BCUT2D eigenvalue weighted by Gasteiger charge is -2.25. The third kappa shape index (κ3) is 4.74. The van der Waals surface area contributed by atoms with Crippen LogP contribution in [0.1, 0.15) is 42.0 Å². The summed E-state index contributed by atoms with van der Waals surface area (Å²) in [5.74, 6) is 0.150. The fourth-order valence-corrected chi connectivity index (χ4v) is 3.37. The van der Waals surface area contributed by atoms with Crippen LogP contribution >= 0.6 is 0 Å². The number of nitrogens with zero attached hydrogens (tertiary/aromatic N) is 1. The minimum absolute atomic E-state index is 0.0370. The van der Waals surface area contributed by atoms with Gasteiger partial charge in [-0.15, -0.1) is 0 Å². The molecule has 7 nitrogen and oxygen atoms in total. The van der Waals surface area contributed by atoms with E-state index in [2.05, 4.69) is 5.43 Å². The Hall–Kier alpha value is -3.48. The molecule has 0 saturated heterocycles. The van der Waals surface area contributed by atoms with Crippen LogP contribution in [0, 0.1) is 6.92 Å². The summed E-state index contributed by atoms with van der Waals surface area (Å²) in [4.78, 5) is 23.7. The van der Waals surface area contributed by atoms with E-state index in [4.69, 9.17) is 14.6 Å². The molecule has 2 aromatic carbocycles. The first-order chi connectivity index (χ1) is 14.4. The summed E-state index contributed by atoms with van der Waals surface area (Å²) in [5, 5.41) is 10.4. The third-order valence-corrected chi connectivity index (χ3v) is 5.01. The molecule has 1 atom stereocenters. The minimum atomic E-state index is -0.906. The van der Waals surface area contributed by atoms with Crippen LogP contribution in [0.4, 0.5) is 0 Å². The number of rotatable bonds is 8. The second-order valence-electron chi connectivity index (χ2n) is 7.13. The van der Waals surface area contributed by atoms with Crippen molar-refractivity contribution >= 4 is 17.6 Å². The molecular formula is C23H26N2O5. The molecule has 3 rings (SSSR count). The molecule has 0 aliphatic carbocycles. The number of benzene rings is 2. The number of hydrogen-bond acceptors (Lipinski definition) is 5. The van der Waals surface area contributed by atoms with Gasteiger partial charge in [-0.2, -0.15) is 0 Å². The Balaban J connectivity index is 1.89. The number of carboxylic acid groups (broad SMARTS) is 1. The standard InChI is InChI=1S/C23H26N2O5/c1-15-7-9-16(10-8-15)19-14-18(17-11-12-20(29-2)21(13-17)30-3)24-25(19)22(26)5-4-6-23(27)28/h7-14,19,24H,4-6H2,1-3H3,(H,27,28)/t19-/m1/s1. The number of amides is 1. The molecule has 0 fully saturated rings. The van der Waals surface area contributed by atoms with E-state index in [1.54, 1.807) is 19.2 Å². The van der Waals surface area contributed by atoms with E-state index in [0.717, 1.165) is 22.4 Å². The smallest absolute Gasteiger partial charge is 0.303 e. The summed E-state index contributed by atoms with van der Waals surface area (Å²) in [6.07, 6.45) is 2.39. The van der Waals surface area contributed by atoms with Gasteiger partial charge in [-0.3, -0.25) is 15.0 Å². The summed E-state index contributed by atoms with van der Waals surface area (Å²) in [6, 6.07) is 13.3. The van der Waals surface area contributed by atoms with Crippen molar-refractivity contribution in [1.82, 2.24) is 10.4 Å². The molecule has 0 unspecified atom stereocenters. The van der Waals surface area contributed by atoms with Gasteiger partial charge in [0.15, 0.2) is 11.5 Å². The number of carbonyl (C=O) groups excluding carboxylic acids is 1. The second-order valence-corrected chi connectivity index (χ2v) is 7.13. The number of carbonyl (C=O) groups is 2. The lowest BCUT2D eigenvalue weighted by molar-refractivity contribution is -0.137. The maximum absolute atomic E-state index is 12.9. The number of nitrogens with one attached hydrogen (secondary N) is 1. The van der Waals surface area contributed by atoms with Crippen LogP contribution in [0.2, 0.25) is 0 Å². The van der Waals surface area contributed by atoms with Crippen molar-refractivity contribution in [1.29, 1.82) is 0 Å². The Morgan fingerprint density at radius 1 is 1.03 bits per heavy atom. The largest absolute Gasteiger partial charge is 0.493 e. The molecule has 7 heteroatoms. The van der Waals surface area contributed by atoms with Crippen molar-refractivity contribution in [2.75, 3.05) is 14.2 Å². The summed E-state index contributed by atoms with van der Waals surface area (Å²) < 4.78 is 10.7. The highest BCUT2D eigenvalue weighted by atomic mass is 16.5. The Kier molecular flexibility index (Phi) is 6.61. The van der Waals surface area contributed by atoms with Gasteiger partial charge >= 0.3 is 5.97 Å². The van der Waals surface area contributed by atoms with Crippen LogP contribution in [-0.2, 0) is 9.59 Å². The Labute approximate surface area is 175 Å². The van der Waals surface area contributed by atoms with Crippen molar-refractivity contribution in [3.63, 3.8) is 0 Å². The first-order valence-corrected chi connectivity index (χ1v) is 9.74. The molecule has 158 valence electrons.